The average molecular weight is 299 g/mol. The third kappa shape index (κ3) is 9.71. The summed E-state index contributed by atoms with van der Waals surface area (Å²) < 4.78 is 26.1. The van der Waals surface area contributed by atoms with Gasteiger partial charge in [0.05, 0.1) is 0 Å². The Morgan fingerprint density at radius 1 is 1.19 bits per heavy atom. The van der Waals surface area contributed by atoms with E-state index in [4.69, 9.17) is 0 Å². The number of hydrogen-bond donors (Lipinski definition) is 1. The predicted molar refractivity (Wildman–Crippen MR) is 79.7 cm³/mol. The molecule has 0 saturated carbocycles. The van der Waals surface area contributed by atoms with Gasteiger partial charge in [0.1, 0.15) is 11.6 Å². The normalized spacial score (nSPS) is 14.9. The Morgan fingerprint density at radius 2 is 1.81 bits per heavy atom. The molecule has 5 heteroatoms. The second-order valence-corrected chi connectivity index (χ2v) is 5.09. The fourth-order valence-corrected chi connectivity index (χ4v) is 1.72. The Morgan fingerprint density at radius 3 is 2.33 bits per heavy atom. The third-order valence-corrected chi connectivity index (χ3v) is 2.68. The number of carbonyl (C=O) groups is 2. The van der Waals surface area contributed by atoms with E-state index in [2.05, 4.69) is 5.32 Å². The lowest BCUT2D eigenvalue weighted by molar-refractivity contribution is -0.118. The minimum absolute atomic E-state index is 0.00201. The predicted octanol–water partition coefficient (Wildman–Crippen LogP) is 4.13. The smallest absolute Gasteiger partial charge is 0.157 e. The van der Waals surface area contributed by atoms with E-state index >= 15 is 0 Å². The molecule has 0 rings (SSSR count). The van der Waals surface area contributed by atoms with Crippen LogP contribution in [0.15, 0.2) is 35.7 Å². The van der Waals surface area contributed by atoms with Crippen molar-refractivity contribution in [2.75, 3.05) is 0 Å². The average Bonchev–Trinajstić information content (AvgIpc) is 2.36. The van der Waals surface area contributed by atoms with Crippen LogP contribution in [-0.2, 0) is 9.59 Å². The Bertz CT molecular complexity index is 465. The van der Waals surface area contributed by atoms with Crippen LogP contribution in [0.2, 0.25) is 0 Å². The molecule has 0 aliphatic heterocycles. The largest absolute Gasteiger partial charge is 0.365 e. The number of rotatable bonds is 9. The molecule has 0 heterocycles. The molecule has 3 nitrogen and oxygen atoms in total. The van der Waals surface area contributed by atoms with Crippen LogP contribution in [0.4, 0.5) is 8.78 Å². The van der Waals surface area contributed by atoms with Crippen molar-refractivity contribution < 1.29 is 18.4 Å². The highest BCUT2D eigenvalue weighted by molar-refractivity contribution is 5.90. The molecule has 0 aromatic carbocycles. The first kappa shape index (κ1) is 19.2. The van der Waals surface area contributed by atoms with E-state index in [1.165, 1.54) is 26.1 Å². The molecule has 0 spiro atoms. The monoisotopic (exact) mass is 299 g/mol. The van der Waals surface area contributed by atoms with E-state index in [0.717, 1.165) is 6.08 Å². The summed E-state index contributed by atoms with van der Waals surface area (Å²) in [5, 5.41) is 2.69. The third-order valence-electron chi connectivity index (χ3n) is 2.68. The standard InChI is InChI=1S/C16H23F2NO2/c1-5-15(17)16(18)10-12(3)19-7-6-14(21)9-11(2)8-13(4)20/h6-7,10-11,19H,5,8-9H2,1-4H3/b7-6+,12-10+,16-15-. The zero-order chi connectivity index (χ0) is 16.4. The van der Waals surface area contributed by atoms with Gasteiger partial charge in [-0.2, -0.15) is 0 Å². The number of ketones is 2. The first-order chi connectivity index (χ1) is 9.76. The first-order valence-corrected chi connectivity index (χ1v) is 6.94. The van der Waals surface area contributed by atoms with E-state index in [0.29, 0.717) is 12.1 Å². The van der Waals surface area contributed by atoms with Gasteiger partial charge in [0.25, 0.3) is 0 Å². The van der Waals surface area contributed by atoms with Gasteiger partial charge in [-0.15, -0.1) is 0 Å². The van der Waals surface area contributed by atoms with Crippen LogP contribution < -0.4 is 5.32 Å². The summed E-state index contributed by atoms with van der Waals surface area (Å²) in [6, 6.07) is 0. The molecule has 0 bridgehead atoms. The van der Waals surface area contributed by atoms with Crippen LogP contribution >= 0.6 is 0 Å². The van der Waals surface area contributed by atoms with Gasteiger partial charge in [-0.05, 0) is 38.3 Å². The van der Waals surface area contributed by atoms with Crippen molar-refractivity contribution in [3.8, 4) is 0 Å². The van der Waals surface area contributed by atoms with Crippen LogP contribution in [0.1, 0.15) is 47.0 Å². The SMILES string of the molecule is CC/C(F)=C(F)\C=C(/C)N/C=C/C(=O)CC(C)CC(C)=O. The van der Waals surface area contributed by atoms with Gasteiger partial charge in [-0.25, -0.2) is 8.78 Å². The van der Waals surface area contributed by atoms with E-state index < -0.39 is 11.7 Å². The van der Waals surface area contributed by atoms with Crippen LogP contribution in [0.3, 0.4) is 0 Å². The van der Waals surface area contributed by atoms with Crippen molar-refractivity contribution in [3.05, 3.63) is 35.7 Å². The maximum absolute atomic E-state index is 13.2. The molecule has 1 N–H and O–H groups in total. The van der Waals surface area contributed by atoms with Gasteiger partial charge in [0, 0.05) is 24.7 Å². The van der Waals surface area contributed by atoms with Gasteiger partial charge in [-0.3, -0.25) is 4.79 Å². The van der Waals surface area contributed by atoms with Crippen molar-refractivity contribution in [3.63, 3.8) is 0 Å². The van der Waals surface area contributed by atoms with E-state index in [-0.39, 0.29) is 30.3 Å². The molecule has 0 saturated heterocycles. The Balaban J connectivity index is 4.35. The Hall–Kier alpha value is -1.78. The number of Topliss-reactive ketones (excluding diaryl/α,β-unsaturated/α-hetero) is 1. The van der Waals surface area contributed by atoms with E-state index in [1.807, 2.05) is 6.92 Å². The molecule has 0 aromatic heterocycles. The number of hydrogen-bond acceptors (Lipinski definition) is 3. The van der Waals surface area contributed by atoms with E-state index in [9.17, 15) is 18.4 Å². The number of allylic oxidation sites excluding steroid dienone is 5. The quantitative estimate of drug-likeness (QED) is 0.514. The molecule has 21 heavy (non-hydrogen) atoms. The fraction of sp³-hybridized carbons (Fsp3) is 0.500. The zero-order valence-corrected chi connectivity index (χ0v) is 13.0. The highest BCUT2D eigenvalue weighted by Gasteiger charge is 2.08. The zero-order valence-electron chi connectivity index (χ0n) is 13.0. The summed E-state index contributed by atoms with van der Waals surface area (Å²) >= 11 is 0. The lowest BCUT2D eigenvalue weighted by Crippen LogP contribution is -2.08. The molecule has 0 aliphatic carbocycles. The van der Waals surface area contributed by atoms with Crippen molar-refractivity contribution in [2.45, 2.75) is 47.0 Å². The molecule has 118 valence electrons. The van der Waals surface area contributed by atoms with Crippen molar-refractivity contribution >= 4 is 11.6 Å². The molecule has 0 radical (unpaired) electrons. The summed E-state index contributed by atoms with van der Waals surface area (Å²) in [4.78, 5) is 22.5. The molecular weight excluding hydrogens is 276 g/mol. The van der Waals surface area contributed by atoms with E-state index in [1.54, 1.807) is 6.92 Å². The summed E-state index contributed by atoms with van der Waals surface area (Å²) in [5.41, 5.74) is 0.386. The van der Waals surface area contributed by atoms with Crippen molar-refractivity contribution in [1.82, 2.24) is 5.32 Å². The van der Waals surface area contributed by atoms with Crippen LogP contribution in [-0.4, -0.2) is 11.6 Å². The first-order valence-electron chi connectivity index (χ1n) is 6.94. The maximum atomic E-state index is 13.2. The highest BCUT2D eigenvalue weighted by atomic mass is 19.2. The van der Waals surface area contributed by atoms with Gasteiger partial charge in [-0.1, -0.05) is 13.8 Å². The van der Waals surface area contributed by atoms with Crippen molar-refractivity contribution in [2.24, 2.45) is 5.92 Å². The topological polar surface area (TPSA) is 46.2 Å². The molecule has 0 amide bonds. The molecule has 1 unspecified atom stereocenters. The molecule has 0 aliphatic rings. The van der Waals surface area contributed by atoms with Crippen molar-refractivity contribution in [1.29, 1.82) is 0 Å². The maximum Gasteiger partial charge on any atom is 0.157 e. The molecular formula is C16H23F2NO2. The summed E-state index contributed by atoms with van der Waals surface area (Å²) in [6.07, 6.45) is 4.39. The van der Waals surface area contributed by atoms with Crippen LogP contribution in [0.5, 0.6) is 0 Å². The van der Waals surface area contributed by atoms with Crippen LogP contribution in [0.25, 0.3) is 0 Å². The minimum atomic E-state index is -0.919. The minimum Gasteiger partial charge on any atom is -0.365 e. The van der Waals surface area contributed by atoms with Gasteiger partial charge in [0.2, 0.25) is 0 Å². The number of nitrogens with one attached hydrogen (secondary N) is 1. The number of halogens is 2. The molecule has 0 aromatic rings. The van der Waals surface area contributed by atoms with Crippen LogP contribution in [0, 0.1) is 5.92 Å². The fourth-order valence-electron chi connectivity index (χ4n) is 1.72. The highest BCUT2D eigenvalue weighted by Crippen LogP contribution is 2.14. The lowest BCUT2D eigenvalue weighted by atomic mass is 9.99. The van der Waals surface area contributed by atoms with Gasteiger partial charge >= 0.3 is 0 Å². The Labute approximate surface area is 124 Å². The van der Waals surface area contributed by atoms with Gasteiger partial charge in [0.15, 0.2) is 11.6 Å². The molecule has 0 fully saturated rings. The summed E-state index contributed by atoms with van der Waals surface area (Å²) in [7, 11) is 0. The summed E-state index contributed by atoms with van der Waals surface area (Å²) in [5.74, 6) is -1.81. The second kappa shape index (κ2) is 10.0. The number of carbonyl (C=O) groups excluding carboxylic acids is 2. The molecule has 1 atom stereocenters. The van der Waals surface area contributed by atoms with Gasteiger partial charge < -0.3 is 10.1 Å². The Kier molecular flexibility index (Phi) is 9.17. The lowest BCUT2D eigenvalue weighted by Gasteiger charge is -2.05. The summed E-state index contributed by atoms with van der Waals surface area (Å²) in [6.45, 7) is 6.41. The second-order valence-electron chi connectivity index (χ2n) is 5.09.